The van der Waals surface area contributed by atoms with E-state index in [9.17, 15) is 4.39 Å². The molecule has 0 heterocycles. The smallest absolute Gasteiger partial charge is 0.123 e. The fourth-order valence-electron chi connectivity index (χ4n) is 1.55. The van der Waals surface area contributed by atoms with Crippen molar-refractivity contribution in [2.45, 2.75) is 20.3 Å². The quantitative estimate of drug-likeness (QED) is 0.794. The molecule has 0 aliphatic rings. The van der Waals surface area contributed by atoms with Gasteiger partial charge in [0.25, 0.3) is 0 Å². The molecule has 0 bridgehead atoms. The predicted molar refractivity (Wildman–Crippen MR) is 65.6 cm³/mol. The van der Waals surface area contributed by atoms with Crippen LogP contribution < -0.4 is 0 Å². The van der Waals surface area contributed by atoms with Crippen LogP contribution in [0.3, 0.4) is 0 Å². The molecule has 0 fully saturated rings. The van der Waals surface area contributed by atoms with Gasteiger partial charge in [-0.25, -0.2) is 4.39 Å². The maximum absolute atomic E-state index is 13.0. The molecular formula is C12H17BrFN. The Kier molecular flexibility index (Phi) is 5.26. The van der Waals surface area contributed by atoms with E-state index in [0.717, 1.165) is 36.1 Å². The first-order valence-electron chi connectivity index (χ1n) is 5.33. The Morgan fingerprint density at radius 2 is 1.93 bits per heavy atom. The highest BCUT2D eigenvalue weighted by molar-refractivity contribution is 9.10. The van der Waals surface area contributed by atoms with Gasteiger partial charge in [-0.3, -0.25) is 0 Å². The molecule has 0 radical (unpaired) electrons. The van der Waals surface area contributed by atoms with Crippen LogP contribution in [-0.4, -0.2) is 24.5 Å². The summed E-state index contributed by atoms with van der Waals surface area (Å²) in [6.07, 6.45) is 0.889. The van der Waals surface area contributed by atoms with E-state index in [1.807, 2.05) is 0 Å². The van der Waals surface area contributed by atoms with Crippen molar-refractivity contribution >= 4 is 15.9 Å². The van der Waals surface area contributed by atoms with Crippen LogP contribution in [0, 0.1) is 5.82 Å². The zero-order chi connectivity index (χ0) is 11.3. The zero-order valence-electron chi connectivity index (χ0n) is 9.26. The Morgan fingerprint density at radius 1 is 1.27 bits per heavy atom. The molecule has 0 N–H and O–H groups in total. The molecule has 1 aromatic carbocycles. The van der Waals surface area contributed by atoms with Gasteiger partial charge in [0, 0.05) is 11.0 Å². The van der Waals surface area contributed by atoms with Crippen molar-refractivity contribution in [2.75, 3.05) is 19.6 Å². The number of likely N-dealkylation sites (N-methyl/N-ethyl adjacent to an activating group) is 1. The lowest BCUT2D eigenvalue weighted by atomic mass is 10.1. The van der Waals surface area contributed by atoms with Crippen LogP contribution in [0.5, 0.6) is 0 Å². The largest absolute Gasteiger partial charge is 0.304 e. The van der Waals surface area contributed by atoms with Gasteiger partial charge >= 0.3 is 0 Å². The topological polar surface area (TPSA) is 3.24 Å². The van der Waals surface area contributed by atoms with Crippen molar-refractivity contribution in [3.63, 3.8) is 0 Å². The molecule has 0 unspecified atom stereocenters. The van der Waals surface area contributed by atoms with Gasteiger partial charge in [-0.15, -0.1) is 0 Å². The van der Waals surface area contributed by atoms with Crippen LogP contribution in [0.2, 0.25) is 0 Å². The molecule has 84 valence electrons. The molecule has 15 heavy (non-hydrogen) atoms. The van der Waals surface area contributed by atoms with E-state index < -0.39 is 0 Å². The van der Waals surface area contributed by atoms with Crippen molar-refractivity contribution in [1.82, 2.24) is 4.90 Å². The normalized spacial score (nSPS) is 11.0. The van der Waals surface area contributed by atoms with E-state index in [4.69, 9.17) is 0 Å². The third kappa shape index (κ3) is 3.92. The van der Waals surface area contributed by atoms with Crippen molar-refractivity contribution in [2.24, 2.45) is 0 Å². The molecule has 1 nitrogen and oxygen atoms in total. The summed E-state index contributed by atoms with van der Waals surface area (Å²) >= 11 is 3.44. The van der Waals surface area contributed by atoms with Crippen LogP contribution in [0.4, 0.5) is 4.39 Å². The van der Waals surface area contributed by atoms with Crippen molar-refractivity contribution in [3.05, 3.63) is 34.1 Å². The Bertz CT molecular complexity index is 310. The van der Waals surface area contributed by atoms with Gasteiger partial charge < -0.3 is 4.90 Å². The molecule has 0 aliphatic heterocycles. The Labute approximate surface area is 99.4 Å². The summed E-state index contributed by atoms with van der Waals surface area (Å²) in [5, 5.41) is 0. The van der Waals surface area contributed by atoms with Gasteiger partial charge in [0.1, 0.15) is 5.82 Å². The molecular weight excluding hydrogens is 257 g/mol. The van der Waals surface area contributed by atoms with E-state index in [1.165, 1.54) is 6.07 Å². The lowest BCUT2D eigenvalue weighted by molar-refractivity contribution is 0.307. The average molecular weight is 274 g/mol. The molecule has 0 atom stereocenters. The fourth-order valence-corrected chi connectivity index (χ4v) is 2.00. The maximum atomic E-state index is 13.0. The standard InChI is InChI=1S/C12H17BrFN/c1-3-15(4-2)8-7-10-9-11(14)5-6-12(10)13/h5-6,9H,3-4,7-8H2,1-2H3. The first-order valence-corrected chi connectivity index (χ1v) is 6.13. The van der Waals surface area contributed by atoms with Crippen LogP contribution in [-0.2, 0) is 6.42 Å². The second kappa shape index (κ2) is 6.23. The third-order valence-corrected chi connectivity index (χ3v) is 3.37. The van der Waals surface area contributed by atoms with Gasteiger partial charge in [-0.2, -0.15) is 0 Å². The summed E-state index contributed by atoms with van der Waals surface area (Å²) in [6.45, 7) is 7.36. The third-order valence-electron chi connectivity index (χ3n) is 2.60. The molecule has 0 saturated carbocycles. The number of nitrogens with zero attached hydrogens (tertiary/aromatic N) is 1. The molecule has 1 aromatic rings. The lowest BCUT2D eigenvalue weighted by Crippen LogP contribution is -2.25. The Morgan fingerprint density at radius 3 is 2.53 bits per heavy atom. The summed E-state index contributed by atoms with van der Waals surface area (Å²) in [4.78, 5) is 2.33. The van der Waals surface area contributed by atoms with Gasteiger partial charge in [0.05, 0.1) is 0 Å². The maximum Gasteiger partial charge on any atom is 0.123 e. The summed E-state index contributed by atoms with van der Waals surface area (Å²) in [5.74, 6) is -0.159. The van der Waals surface area contributed by atoms with Gasteiger partial charge in [-0.05, 0) is 43.3 Å². The van der Waals surface area contributed by atoms with Crippen molar-refractivity contribution in [3.8, 4) is 0 Å². The molecule has 0 spiro atoms. The second-order valence-electron chi connectivity index (χ2n) is 3.51. The fraction of sp³-hybridized carbons (Fsp3) is 0.500. The second-order valence-corrected chi connectivity index (χ2v) is 4.37. The van der Waals surface area contributed by atoms with Crippen LogP contribution in [0.25, 0.3) is 0 Å². The first kappa shape index (κ1) is 12.7. The van der Waals surface area contributed by atoms with E-state index in [1.54, 1.807) is 12.1 Å². The van der Waals surface area contributed by atoms with Gasteiger partial charge in [-0.1, -0.05) is 29.8 Å². The monoisotopic (exact) mass is 273 g/mol. The summed E-state index contributed by atoms with van der Waals surface area (Å²) in [6, 6.07) is 4.85. The minimum Gasteiger partial charge on any atom is -0.304 e. The van der Waals surface area contributed by atoms with E-state index in [-0.39, 0.29) is 5.82 Å². The van der Waals surface area contributed by atoms with Gasteiger partial charge in [0.2, 0.25) is 0 Å². The molecule has 3 heteroatoms. The van der Waals surface area contributed by atoms with Crippen molar-refractivity contribution < 1.29 is 4.39 Å². The SMILES string of the molecule is CCN(CC)CCc1cc(F)ccc1Br. The van der Waals surface area contributed by atoms with Crippen LogP contribution in [0.15, 0.2) is 22.7 Å². The van der Waals surface area contributed by atoms with E-state index in [0.29, 0.717) is 0 Å². The number of benzene rings is 1. The molecule has 1 rings (SSSR count). The molecule has 0 saturated heterocycles. The highest BCUT2D eigenvalue weighted by atomic mass is 79.9. The summed E-state index contributed by atoms with van der Waals surface area (Å²) in [7, 11) is 0. The minimum atomic E-state index is -0.159. The Hall–Kier alpha value is -0.410. The number of hydrogen-bond acceptors (Lipinski definition) is 1. The average Bonchev–Trinajstić information content (AvgIpc) is 2.24. The first-order chi connectivity index (χ1) is 7.17. The molecule has 0 amide bonds. The Balaban J connectivity index is 2.60. The highest BCUT2D eigenvalue weighted by Gasteiger charge is 2.04. The predicted octanol–water partition coefficient (Wildman–Crippen LogP) is 3.47. The highest BCUT2D eigenvalue weighted by Crippen LogP contribution is 2.18. The zero-order valence-corrected chi connectivity index (χ0v) is 10.8. The van der Waals surface area contributed by atoms with Gasteiger partial charge in [0.15, 0.2) is 0 Å². The van der Waals surface area contributed by atoms with Crippen molar-refractivity contribution in [1.29, 1.82) is 0 Å². The molecule has 0 aromatic heterocycles. The minimum absolute atomic E-state index is 0.159. The van der Waals surface area contributed by atoms with E-state index in [2.05, 4.69) is 34.7 Å². The number of halogens is 2. The summed E-state index contributed by atoms with van der Waals surface area (Å²) in [5.41, 5.74) is 1.04. The summed E-state index contributed by atoms with van der Waals surface area (Å²) < 4.78 is 14.0. The molecule has 0 aliphatic carbocycles. The van der Waals surface area contributed by atoms with Crippen LogP contribution >= 0.6 is 15.9 Å². The number of rotatable bonds is 5. The lowest BCUT2D eigenvalue weighted by Gasteiger charge is -2.18. The van der Waals surface area contributed by atoms with Crippen LogP contribution in [0.1, 0.15) is 19.4 Å². The van der Waals surface area contributed by atoms with E-state index >= 15 is 0 Å². The number of hydrogen-bond donors (Lipinski definition) is 0.